The Balaban J connectivity index is 1.84. The van der Waals surface area contributed by atoms with Crippen molar-refractivity contribution >= 4 is 0 Å². The number of rotatable bonds is 0. The molecule has 1 N–H and O–H groups in total. The normalized spacial score (nSPS) is 60.3. The van der Waals surface area contributed by atoms with E-state index in [9.17, 15) is 0 Å². The molecule has 1 spiro atoms. The molecule has 2 unspecified atom stereocenters. The molecule has 0 aromatic carbocycles. The molecule has 0 radical (unpaired) electrons. The Hall–Kier alpha value is -0.0800. The van der Waals surface area contributed by atoms with E-state index in [0.717, 1.165) is 5.92 Å². The minimum atomic E-state index is 0.494. The number of epoxide rings is 1. The van der Waals surface area contributed by atoms with E-state index < -0.39 is 0 Å². The number of ether oxygens (including phenoxy) is 1. The monoisotopic (exact) mass is 153 g/mol. The van der Waals surface area contributed by atoms with Crippen LogP contribution in [0.15, 0.2) is 0 Å². The summed E-state index contributed by atoms with van der Waals surface area (Å²) in [6.45, 7) is 3.60. The van der Waals surface area contributed by atoms with E-state index in [1.54, 1.807) is 0 Å². The molecule has 0 aromatic rings. The fourth-order valence-electron chi connectivity index (χ4n) is 2.87. The second kappa shape index (κ2) is 1.80. The fraction of sp³-hybridized carbons (Fsp3) is 1.00. The van der Waals surface area contributed by atoms with Crippen LogP contribution < -0.4 is 5.32 Å². The molecule has 0 aromatic heterocycles. The molecular formula is C9H15NO. The molecule has 2 heteroatoms. The minimum Gasteiger partial charge on any atom is -0.369 e. The molecule has 62 valence electrons. The van der Waals surface area contributed by atoms with Crippen molar-refractivity contribution in [2.75, 3.05) is 6.54 Å². The van der Waals surface area contributed by atoms with Gasteiger partial charge in [0.15, 0.2) is 0 Å². The minimum absolute atomic E-state index is 0.494. The van der Waals surface area contributed by atoms with Gasteiger partial charge in [0.05, 0.1) is 12.2 Å². The lowest BCUT2D eigenvalue weighted by atomic mass is 9.85. The maximum atomic E-state index is 5.45. The third-order valence-corrected chi connectivity index (χ3v) is 3.82. The lowest BCUT2D eigenvalue weighted by Gasteiger charge is -2.30. The van der Waals surface area contributed by atoms with E-state index in [2.05, 4.69) is 12.2 Å². The highest BCUT2D eigenvalue weighted by atomic mass is 16.6. The Morgan fingerprint density at radius 1 is 1.36 bits per heavy atom. The van der Waals surface area contributed by atoms with Gasteiger partial charge in [-0.2, -0.15) is 0 Å². The Bertz CT molecular complexity index is 182. The first-order valence-corrected chi connectivity index (χ1v) is 4.71. The van der Waals surface area contributed by atoms with Gasteiger partial charge in [-0.15, -0.1) is 0 Å². The van der Waals surface area contributed by atoms with E-state index in [1.807, 2.05) is 0 Å². The van der Waals surface area contributed by atoms with Gasteiger partial charge in [-0.25, -0.2) is 0 Å². The van der Waals surface area contributed by atoms with Gasteiger partial charge in [-0.05, 0) is 31.7 Å². The lowest BCUT2D eigenvalue weighted by Crippen LogP contribution is -2.43. The highest BCUT2D eigenvalue weighted by Gasteiger charge is 2.58. The van der Waals surface area contributed by atoms with E-state index >= 15 is 0 Å². The number of hydrogen-bond donors (Lipinski definition) is 1. The van der Waals surface area contributed by atoms with Crippen molar-refractivity contribution < 1.29 is 4.74 Å². The first kappa shape index (κ1) is 6.44. The van der Waals surface area contributed by atoms with Crippen LogP contribution in [0.3, 0.4) is 0 Å². The summed E-state index contributed by atoms with van der Waals surface area (Å²) in [7, 11) is 0. The molecule has 2 aliphatic heterocycles. The van der Waals surface area contributed by atoms with Crippen molar-refractivity contribution in [1.82, 2.24) is 5.32 Å². The molecule has 1 aliphatic carbocycles. The molecule has 0 amide bonds. The second-order valence-corrected chi connectivity index (χ2v) is 4.39. The fourth-order valence-corrected chi connectivity index (χ4v) is 2.87. The van der Waals surface area contributed by atoms with Crippen LogP contribution in [0.2, 0.25) is 0 Å². The third-order valence-electron chi connectivity index (χ3n) is 3.82. The first-order chi connectivity index (χ1) is 5.30. The number of nitrogens with one attached hydrogen (secondary N) is 1. The van der Waals surface area contributed by atoms with Crippen LogP contribution in [-0.4, -0.2) is 24.3 Å². The summed E-state index contributed by atoms with van der Waals surface area (Å²) in [4.78, 5) is 0. The summed E-state index contributed by atoms with van der Waals surface area (Å²) in [6, 6.07) is 0. The van der Waals surface area contributed by atoms with Crippen LogP contribution in [0, 0.1) is 5.92 Å². The molecule has 11 heavy (non-hydrogen) atoms. The van der Waals surface area contributed by atoms with Crippen LogP contribution in [0.4, 0.5) is 0 Å². The van der Waals surface area contributed by atoms with E-state index in [4.69, 9.17) is 4.74 Å². The van der Waals surface area contributed by atoms with Gasteiger partial charge < -0.3 is 10.1 Å². The van der Waals surface area contributed by atoms with Crippen molar-refractivity contribution in [3.63, 3.8) is 0 Å². The zero-order valence-corrected chi connectivity index (χ0v) is 6.97. The van der Waals surface area contributed by atoms with Gasteiger partial charge in [0.25, 0.3) is 0 Å². The van der Waals surface area contributed by atoms with Crippen LogP contribution in [0.25, 0.3) is 0 Å². The Kier molecular flexibility index (Phi) is 1.06. The topological polar surface area (TPSA) is 24.6 Å². The predicted octanol–water partition coefficient (Wildman–Crippen LogP) is 0.916. The summed E-state index contributed by atoms with van der Waals surface area (Å²) in [5.41, 5.74) is 0.494. The van der Waals surface area contributed by atoms with E-state index in [-0.39, 0.29) is 0 Å². The Morgan fingerprint density at radius 2 is 2.09 bits per heavy atom. The van der Waals surface area contributed by atoms with Crippen molar-refractivity contribution in [2.24, 2.45) is 5.92 Å². The molecule has 2 saturated heterocycles. The molecular weight excluding hydrogens is 138 g/mol. The summed E-state index contributed by atoms with van der Waals surface area (Å²) < 4.78 is 5.45. The smallest absolute Gasteiger partial charge is 0.0860 e. The SMILES string of the molecule is C[C@@H]1CCNC12CC1OC1C2. The van der Waals surface area contributed by atoms with Gasteiger partial charge in [0, 0.05) is 5.54 Å². The van der Waals surface area contributed by atoms with Gasteiger partial charge >= 0.3 is 0 Å². The van der Waals surface area contributed by atoms with Crippen molar-refractivity contribution in [1.29, 1.82) is 0 Å². The maximum Gasteiger partial charge on any atom is 0.0860 e. The summed E-state index contributed by atoms with van der Waals surface area (Å²) in [6.07, 6.45) is 5.17. The molecule has 1 saturated carbocycles. The second-order valence-electron chi connectivity index (χ2n) is 4.39. The first-order valence-electron chi connectivity index (χ1n) is 4.71. The van der Waals surface area contributed by atoms with Crippen molar-refractivity contribution in [3.8, 4) is 0 Å². The number of fused-ring (bicyclic) bond motifs is 1. The zero-order valence-electron chi connectivity index (χ0n) is 6.97. The summed E-state index contributed by atoms with van der Waals surface area (Å²) >= 11 is 0. The molecule has 2 heterocycles. The highest BCUT2D eigenvalue weighted by Crippen LogP contribution is 2.50. The average Bonchev–Trinajstić information content (AvgIpc) is 2.44. The molecule has 0 bridgehead atoms. The average molecular weight is 153 g/mol. The molecule has 3 rings (SSSR count). The predicted molar refractivity (Wildman–Crippen MR) is 42.4 cm³/mol. The van der Waals surface area contributed by atoms with Crippen molar-refractivity contribution in [3.05, 3.63) is 0 Å². The Labute approximate surface area is 67.3 Å². The summed E-state index contributed by atoms with van der Waals surface area (Å²) in [5, 5.41) is 3.66. The van der Waals surface area contributed by atoms with Crippen LogP contribution in [0.1, 0.15) is 26.2 Å². The molecule has 2 nitrogen and oxygen atoms in total. The third kappa shape index (κ3) is 0.744. The van der Waals surface area contributed by atoms with Crippen LogP contribution in [0.5, 0.6) is 0 Å². The standard InChI is InChI=1S/C9H15NO/c1-6-2-3-10-9(6)4-7-8(5-9)11-7/h6-8,10H,2-5H2,1H3/t6-,7?,8?,9?/m1/s1. The lowest BCUT2D eigenvalue weighted by molar-refractivity contribution is 0.190. The molecule has 3 fully saturated rings. The molecule has 3 atom stereocenters. The van der Waals surface area contributed by atoms with Gasteiger partial charge in [0.1, 0.15) is 0 Å². The van der Waals surface area contributed by atoms with Gasteiger partial charge in [0.2, 0.25) is 0 Å². The Morgan fingerprint density at radius 3 is 2.64 bits per heavy atom. The maximum absolute atomic E-state index is 5.45. The van der Waals surface area contributed by atoms with Crippen molar-refractivity contribution in [2.45, 2.75) is 43.9 Å². The van der Waals surface area contributed by atoms with Crippen LogP contribution in [-0.2, 0) is 4.74 Å². The van der Waals surface area contributed by atoms with E-state index in [0.29, 0.717) is 17.7 Å². The zero-order chi connectivity index (χ0) is 7.47. The van der Waals surface area contributed by atoms with Gasteiger partial charge in [-0.1, -0.05) is 6.92 Å². The highest BCUT2D eigenvalue weighted by molar-refractivity contribution is 5.12. The molecule has 3 aliphatic rings. The van der Waals surface area contributed by atoms with E-state index in [1.165, 1.54) is 25.8 Å². The van der Waals surface area contributed by atoms with Gasteiger partial charge in [-0.3, -0.25) is 0 Å². The number of hydrogen-bond acceptors (Lipinski definition) is 2. The largest absolute Gasteiger partial charge is 0.369 e. The summed E-state index contributed by atoms with van der Waals surface area (Å²) in [5.74, 6) is 0.874. The quantitative estimate of drug-likeness (QED) is 0.523. The van der Waals surface area contributed by atoms with Crippen LogP contribution >= 0.6 is 0 Å².